The summed E-state index contributed by atoms with van der Waals surface area (Å²) < 4.78 is 0. The van der Waals surface area contributed by atoms with Crippen molar-refractivity contribution in [1.29, 1.82) is 0 Å². The number of hydrogen-bond donors (Lipinski definition) is 1. The number of aryl methyl sites for hydroxylation is 1. The molecule has 0 aromatic heterocycles. The summed E-state index contributed by atoms with van der Waals surface area (Å²) >= 11 is 0. The summed E-state index contributed by atoms with van der Waals surface area (Å²) in [4.78, 5) is 44.9. The van der Waals surface area contributed by atoms with Crippen LogP contribution in [0, 0.1) is 0 Å². The lowest BCUT2D eigenvalue weighted by atomic mass is 9.85. The van der Waals surface area contributed by atoms with Crippen LogP contribution in [-0.2, 0) is 16.0 Å². The van der Waals surface area contributed by atoms with Gasteiger partial charge in [0.2, 0.25) is 5.91 Å². The molecule has 0 saturated carbocycles. The fourth-order valence-electron chi connectivity index (χ4n) is 5.58. The van der Waals surface area contributed by atoms with Crippen LogP contribution >= 0.6 is 0 Å². The van der Waals surface area contributed by atoms with E-state index in [1.807, 2.05) is 54.3 Å². The van der Waals surface area contributed by atoms with Gasteiger partial charge in [0, 0.05) is 30.9 Å². The number of unbranched alkanes of at least 4 members (excludes halogenated alkanes) is 3. The average molecular weight is 505 g/mol. The minimum Gasteiger partial charge on any atom is -0.355 e. The second-order valence-corrected chi connectivity index (χ2v) is 10.2. The van der Waals surface area contributed by atoms with Crippen LogP contribution in [0.4, 0.5) is 5.69 Å². The normalized spacial score (nSPS) is 16.9. The van der Waals surface area contributed by atoms with Crippen LogP contribution in [0.2, 0.25) is 0 Å². The fourth-order valence-corrected chi connectivity index (χ4v) is 5.58. The molecule has 1 spiro atoms. The Labute approximate surface area is 220 Å². The number of anilines is 1. The Bertz CT molecular complexity index is 1060. The summed E-state index contributed by atoms with van der Waals surface area (Å²) in [6.45, 7) is 6.04. The monoisotopic (exact) mass is 504 g/mol. The number of nitrogens with one attached hydrogen (secondary N) is 1. The Hall–Kier alpha value is -3.35. The van der Waals surface area contributed by atoms with E-state index in [4.69, 9.17) is 0 Å². The van der Waals surface area contributed by atoms with Crippen molar-refractivity contribution < 1.29 is 14.4 Å². The van der Waals surface area contributed by atoms with Gasteiger partial charge in [0.05, 0.1) is 6.67 Å². The van der Waals surface area contributed by atoms with Crippen LogP contribution in [0.5, 0.6) is 0 Å². The van der Waals surface area contributed by atoms with Gasteiger partial charge in [0.1, 0.15) is 12.1 Å². The first-order valence-corrected chi connectivity index (χ1v) is 13.8. The van der Waals surface area contributed by atoms with Gasteiger partial charge in [0.15, 0.2) is 0 Å². The van der Waals surface area contributed by atoms with Crippen molar-refractivity contribution in [3.8, 4) is 0 Å². The maximum atomic E-state index is 13.7. The molecule has 7 heteroatoms. The molecule has 198 valence electrons. The summed E-state index contributed by atoms with van der Waals surface area (Å²) in [7, 11) is 0. The van der Waals surface area contributed by atoms with Crippen molar-refractivity contribution in [3.05, 3.63) is 65.7 Å². The SMILES string of the molecule is CCCCCCc1ccc(C(=O)N2CCC3(CC2)C(=O)N(CC(=O)NCC)CN3c2ccccc2)cc1. The maximum absolute atomic E-state index is 13.7. The van der Waals surface area contributed by atoms with Crippen LogP contribution in [0.25, 0.3) is 0 Å². The summed E-state index contributed by atoms with van der Waals surface area (Å²) in [6, 6.07) is 17.9. The minimum atomic E-state index is -0.743. The van der Waals surface area contributed by atoms with Gasteiger partial charge < -0.3 is 20.0 Å². The van der Waals surface area contributed by atoms with Gasteiger partial charge in [-0.15, -0.1) is 0 Å². The van der Waals surface area contributed by atoms with E-state index in [1.165, 1.54) is 31.2 Å². The van der Waals surface area contributed by atoms with Crippen LogP contribution in [-0.4, -0.2) is 65.9 Å². The Morgan fingerprint density at radius 2 is 1.62 bits per heavy atom. The molecule has 1 N–H and O–H groups in total. The number of likely N-dealkylation sites (tertiary alicyclic amines) is 1. The highest BCUT2D eigenvalue weighted by Crippen LogP contribution is 2.39. The zero-order valence-electron chi connectivity index (χ0n) is 22.2. The van der Waals surface area contributed by atoms with Crippen molar-refractivity contribution in [3.63, 3.8) is 0 Å². The molecule has 4 rings (SSSR count). The molecule has 2 aromatic rings. The van der Waals surface area contributed by atoms with E-state index in [0.717, 1.165) is 12.1 Å². The van der Waals surface area contributed by atoms with E-state index >= 15 is 0 Å². The van der Waals surface area contributed by atoms with Crippen LogP contribution in [0.1, 0.15) is 68.3 Å². The number of piperidine rings is 1. The third-order valence-corrected chi connectivity index (χ3v) is 7.69. The van der Waals surface area contributed by atoms with Crippen LogP contribution in [0.3, 0.4) is 0 Å². The Morgan fingerprint density at radius 3 is 2.27 bits per heavy atom. The fraction of sp³-hybridized carbons (Fsp3) is 0.500. The molecule has 0 aliphatic carbocycles. The zero-order chi connectivity index (χ0) is 26.3. The van der Waals surface area contributed by atoms with Gasteiger partial charge in [-0.3, -0.25) is 14.4 Å². The smallest absolute Gasteiger partial charge is 0.253 e. The van der Waals surface area contributed by atoms with Crippen molar-refractivity contribution in [2.45, 2.75) is 64.3 Å². The molecule has 0 atom stereocenters. The number of hydrogen-bond acceptors (Lipinski definition) is 4. The van der Waals surface area contributed by atoms with E-state index in [-0.39, 0.29) is 24.3 Å². The number of rotatable bonds is 10. The molecule has 2 aliphatic heterocycles. The summed E-state index contributed by atoms with van der Waals surface area (Å²) in [5.74, 6) is -0.160. The standard InChI is InChI=1S/C30H40N4O3/c1-3-5-6-8-11-24-14-16-25(17-15-24)28(36)32-20-18-30(19-21-32)29(37)33(22-27(35)31-4-2)23-34(30)26-12-9-7-10-13-26/h7,9-10,12-17H,3-6,8,11,18-23H2,1-2H3,(H,31,35). The third kappa shape index (κ3) is 5.97. The maximum Gasteiger partial charge on any atom is 0.253 e. The van der Waals surface area contributed by atoms with Gasteiger partial charge in [-0.25, -0.2) is 0 Å². The molecule has 2 aliphatic rings. The molecule has 0 bridgehead atoms. The molecule has 2 heterocycles. The third-order valence-electron chi connectivity index (χ3n) is 7.69. The van der Waals surface area contributed by atoms with Crippen LogP contribution in [0.15, 0.2) is 54.6 Å². The Morgan fingerprint density at radius 1 is 0.919 bits per heavy atom. The molecular weight excluding hydrogens is 464 g/mol. The highest BCUT2D eigenvalue weighted by molar-refractivity contribution is 5.97. The molecule has 0 unspecified atom stereocenters. The second-order valence-electron chi connectivity index (χ2n) is 10.2. The van der Waals surface area contributed by atoms with Gasteiger partial charge in [-0.2, -0.15) is 0 Å². The molecule has 0 radical (unpaired) electrons. The van der Waals surface area contributed by atoms with Gasteiger partial charge >= 0.3 is 0 Å². The number of para-hydroxylation sites is 1. The second kappa shape index (κ2) is 12.3. The van der Waals surface area contributed by atoms with Crippen molar-refractivity contribution in [1.82, 2.24) is 15.1 Å². The quantitative estimate of drug-likeness (QED) is 0.492. The average Bonchev–Trinajstić information content (AvgIpc) is 3.18. The van der Waals surface area contributed by atoms with Crippen molar-refractivity contribution in [2.75, 3.05) is 37.7 Å². The summed E-state index contributed by atoms with van der Waals surface area (Å²) in [5.41, 5.74) is 2.19. The highest BCUT2D eigenvalue weighted by atomic mass is 16.2. The van der Waals surface area contributed by atoms with Crippen molar-refractivity contribution in [2.24, 2.45) is 0 Å². The number of amides is 3. The van der Waals surface area contributed by atoms with Gasteiger partial charge in [-0.05, 0) is 62.4 Å². The largest absolute Gasteiger partial charge is 0.355 e. The predicted octanol–water partition coefficient (Wildman–Crippen LogP) is 4.23. The molecule has 3 amide bonds. The van der Waals surface area contributed by atoms with Gasteiger partial charge in [-0.1, -0.05) is 56.5 Å². The number of carbonyl (C=O) groups excluding carboxylic acids is 3. The Kier molecular flexibility index (Phi) is 8.85. The number of carbonyl (C=O) groups is 3. The number of nitrogens with zero attached hydrogens (tertiary/aromatic N) is 3. The summed E-state index contributed by atoms with van der Waals surface area (Å²) in [6.07, 6.45) is 7.03. The molecule has 7 nitrogen and oxygen atoms in total. The van der Waals surface area contributed by atoms with E-state index in [9.17, 15) is 14.4 Å². The molecule has 37 heavy (non-hydrogen) atoms. The number of likely N-dealkylation sites (N-methyl/N-ethyl adjacent to an activating group) is 1. The van der Waals surface area contributed by atoms with E-state index in [0.29, 0.717) is 44.7 Å². The first kappa shape index (κ1) is 26.7. The van der Waals surface area contributed by atoms with E-state index in [1.54, 1.807) is 4.90 Å². The highest BCUT2D eigenvalue weighted by Gasteiger charge is 2.54. The lowest BCUT2D eigenvalue weighted by Crippen LogP contribution is -2.57. The molecule has 2 fully saturated rings. The summed E-state index contributed by atoms with van der Waals surface area (Å²) in [5, 5.41) is 2.80. The van der Waals surface area contributed by atoms with Gasteiger partial charge in [0.25, 0.3) is 11.8 Å². The topological polar surface area (TPSA) is 73.0 Å². The molecule has 2 saturated heterocycles. The molecule has 2 aromatic carbocycles. The first-order valence-electron chi connectivity index (χ1n) is 13.8. The lowest BCUT2D eigenvalue weighted by Gasteiger charge is -2.43. The Balaban J connectivity index is 1.44. The molecular formula is C30H40N4O3. The zero-order valence-corrected chi connectivity index (χ0v) is 22.2. The predicted molar refractivity (Wildman–Crippen MR) is 146 cm³/mol. The minimum absolute atomic E-state index is 0.0169. The van der Waals surface area contributed by atoms with Crippen molar-refractivity contribution >= 4 is 23.4 Å². The van der Waals surface area contributed by atoms with E-state index < -0.39 is 5.54 Å². The van der Waals surface area contributed by atoms with E-state index in [2.05, 4.69) is 29.3 Å². The van der Waals surface area contributed by atoms with Crippen LogP contribution < -0.4 is 10.2 Å². The number of benzene rings is 2. The first-order chi connectivity index (χ1) is 18.0. The lowest BCUT2D eigenvalue weighted by molar-refractivity contribution is -0.137.